The van der Waals surface area contributed by atoms with Gasteiger partial charge in [0.2, 0.25) is 5.91 Å². The van der Waals surface area contributed by atoms with E-state index < -0.39 is 30.4 Å². The van der Waals surface area contributed by atoms with Gasteiger partial charge in [0.1, 0.15) is 6.42 Å². The molecule has 7 nitrogen and oxygen atoms in total. The summed E-state index contributed by atoms with van der Waals surface area (Å²) in [4.78, 5) is 37.3. The second-order valence-electron chi connectivity index (χ2n) is 5.71. The van der Waals surface area contributed by atoms with Crippen LogP contribution in [0.5, 0.6) is 0 Å². The highest BCUT2D eigenvalue weighted by atomic mass is 79.9. The smallest absolute Gasteiger partial charge is 0.336 e. The van der Waals surface area contributed by atoms with Crippen molar-refractivity contribution in [2.75, 3.05) is 13.2 Å². The normalized spacial score (nSPS) is 16.5. The van der Waals surface area contributed by atoms with Crippen molar-refractivity contribution < 1.29 is 29.0 Å². The van der Waals surface area contributed by atoms with Gasteiger partial charge < -0.3 is 19.5 Å². The molecule has 140 valence electrons. The van der Waals surface area contributed by atoms with E-state index >= 15 is 0 Å². The molecule has 1 aromatic carbocycles. The maximum absolute atomic E-state index is 12.7. The average molecular weight is 426 g/mol. The zero-order valence-corrected chi connectivity index (χ0v) is 16.1. The van der Waals surface area contributed by atoms with Gasteiger partial charge in [0.05, 0.1) is 37.1 Å². The molecule has 1 aromatic rings. The predicted molar refractivity (Wildman–Crippen MR) is 96.0 cm³/mol. The van der Waals surface area contributed by atoms with Gasteiger partial charge in [-0.05, 0) is 31.5 Å². The van der Waals surface area contributed by atoms with E-state index in [0.29, 0.717) is 0 Å². The second-order valence-corrected chi connectivity index (χ2v) is 6.62. The van der Waals surface area contributed by atoms with Gasteiger partial charge in [0.15, 0.2) is 0 Å². The Bertz CT molecular complexity index is 728. The summed E-state index contributed by atoms with van der Waals surface area (Å²) in [6, 6.07) is 7.27. The molecular formula is C18H20BrNO6. The van der Waals surface area contributed by atoms with Crippen LogP contribution in [0.15, 0.2) is 40.0 Å². The zero-order chi connectivity index (χ0) is 19.3. The first-order valence-electron chi connectivity index (χ1n) is 8.11. The molecule has 0 radical (unpaired) electrons. The molecule has 0 bridgehead atoms. The number of carbonyl (C=O) groups excluding carboxylic acids is 2. The number of ether oxygens (including phenoxy) is 2. The van der Waals surface area contributed by atoms with Gasteiger partial charge in [0.25, 0.3) is 0 Å². The highest BCUT2D eigenvalue weighted by Crippen LogP contribution is 2.27. The van der Waals surface area contributed by atoms with Crippen molar-refractivity contribution in [1.29, 1.82) is 0 Å². The second kappa shape index (κ2) is 8.95. The third kappa shape index (κ3) is 4.92. The van der Waals surface area contributed by atoms with Crippen LogP contribution in [0.3, 0.4) is 0 Å². The number of benzene rings is 1. The van der Waals surface area contributed by atoms with E-state index in [9.17, 15) is 19.5 Å². The molecule has 1 amide bonds. The minimum atomic E-state index is -1.14. The number of aliphatic carboxylic acids is 1. The van der Waals surface area contributed by atoms with Gasteiger partial charge in [-0.2, -0.15) is 0 Å². The summed E-state index contributed by atoms with van der Waals surface area (Å²) >= 11 is 3.34. The van der Waals surface area contributed by atoms with E-state index in [1.54, 1.807) is 13.8 Å². The number of carboxylic acids is 1. The molecule has 0 aromatic heterocycles. The molecule has 0 saturated carbocycles. The molecule has 0 spiro atoms. The molecule has 1 aliphatic heterocycles. The first kappa shape index (κ1) is 20.1. The maximum atomic E-state index is 12.7. The fourth-order valence-electron chi connectivity index (χ4n) is 2.66. The summed E-state index contributed by atoms with van der Waals surface area (Å²) in [5.74, 6) is -2.32. The quantitative estimate of drug-likeness (QED) is 0.532. The lowest BCUT2D eigenvalue weighted by molar-refractivity contribution is -0.148. The van der Waals surface area contributed by atoms with Crippen LogP contribution >= 0.6 is 15.9 Å². The van der Waals surface area contributed by atoms with Crippen molar-refractivity contribution in [2.24, 2.45) is 0 Å². The largest absolute Gasteiger partial charge is 0.478 e. The summed E-state index contributed by atoms with van der Waals surface area (Å²) in [7, 11) is 0. The standard InChI is InChI=1S/C18H20BrNO6/c1-3-25-16(22)8-15(21)20(9-12-4-6-13(19)7-5-12)14-10-26-11(2)17(14)18(23)24/h4-7,11H,3,8-10H2,1-2H3,(H,23,24). The third-order valence-corrected chi connectivity index (χ3v) is 4.43. The molecule has 1 N–H and O–H groups in total. The van der Waals surface area contributed by atoms with Crippen LogP contribution in [-0.2, 0) is 30.4 Å². The lowest BCUT2D eigenvalue weighted by atomic mass is 10.1. The van der Waals surface area contributed by atoms with Crippen LogP contribution in [0.4, 0.5) is 0 Å². The highest BCUT2D eigenvalue weighted by molar-refractivity contribution is 9.10. The average Bonchev–Trinajstić information content (AvgIpc) is 2.95. The molecule has 2 rings (SSSR count). The Labute approximate surface area is 159 Å². The molecule has 1 unspecified atom stereocenters. The molecule has 1 atom stereocenters. The lowest BCUT2D eigenvalue weighted by Crippen LogP contribution is -2.34. The fourth-order valence-corrected chi connectivity index (χ4v) is 2.92. The fraction of sp³-hybridized carbons (Fsp3) is 0.389. The van der Waals surface area contributed by atoms with E-state index in [1.165, 1.54) is 4.90 Å². The number of amides is 1. The predicted octanol–water partition coefficient (Wildman–Crippen LogP) is 2.49. The SMILES string of the molecule is CCOC(=O)CC(=O)N(Cc1ccc(Br)cc1)C1=C(C(=O)O)C(C)OC1. The molecular weight excluding hydrogens is 406 g/mol. The lowest BCUT2D eigenvalue weighted by Gasteiger charge is -2.24. The molecule has 0 aliphatic carbocycles. The van der Waals surface area contributed by atoms with E-state index in [-0.39, 0.29) is 31.0 Å². The van der Waals surface area contributed by atoms with Gasteiger partial charge in [-0.15, -0.1) is 0 Å². The van der Waals surface area contributed by atoms with Crippen molar-refractivity contribution in [1.82, 2.24) is 4.90 Å². The number of hydrogen-bond donors (Lipinski definition) is 1. The number of rotatable bonds is 7. The minimum Gasteiger partial charge on any atom is -0.478 e. The van der Waals surface area contributed by atoms with Crippen molar-refractivity contribution >= 4 is 33.8 Å². The minimum absolute atomic E-state index is 0.00606. The summed E-state index contributed by atoms with van der Waals surface area (Å²) in [6.45, 7) is 3.56. The molecule has 8 heteroatoms. The van der Waals surface area contributed by atoms with Crippen molar-refractivity contribution in [3.63, 3.8) is 0 Å². The summed E-state index contributed by atoms with van der Waals surface area (Å²) in [6.07, 6.45) is -1.10. The number of carbonyl (C=O) groups is 3. The molecule has 1 aliphatic rings. The number of halogens is 1. The van der Waals surface area contributed by atoms with Crippen molar-refractivity contribution in [3.8, 4) is 0 Å². The monoisotopic (exact) mass is 425 g/mol. The van der Waals surface area contributed by atoms with E-state index in [0.717, 1.165) is 10.0 Å². The first-order chi connectivity index (χ1) is 12.3. The van der Waals surface area contributed by atoms with Crippen LogP contribution in [-0.4, -0.2) is 47.2 Å². The van der Waals surface area contributed by atoms with E-state index in [2.05, 4.69) is 15.9 Å². The van der Waals surface area contributed by atoms with Crippen LogP contribution in [0, 0.1) is 0 Å². The molecule has 1 heterocycles. The summed E-state index contributed by atoms with van der Waals surface area (Å²) in [5.41, 5.74) is 1.09. The molecule has 0 fully saturated rings. The Balaban J connectivity index is 2.34. The van der Waals surface area contributed by atoms with Gasteiger partial charge >= 0.3 is 11.9 Å². The summed E-state index contributed by atoms with van der Waals surface area (Å²) in [5, 5.41) is 9.48. The Morgan fingerprint density at radius 3 is 2.54 bits per heavy atom. The first-order valence-corrected chi connectivity index (χ1v) is 8.91. The van der Waals surface area contributed by atoms with Crippen molar-refractivity contribution in [3.05, 3.63) is 45.6 Å². The van der Waals surface area contributed by atoms with Crippen LogP contribution in [0.1, 0.15) is 25.8 Å². The van der Waals surface area contributed by atoms with Gasteiger partial charge in [-0.1, -0.05) is 28.1 Å². The highest BCUT2D eigenvalue weighted by Gasteiger charge is 2.34. The number of nitrogens with zero attached hydrogens (tertiary/aromatic N) is 1. The van der Waals surface area contributed by atoms with Crippen LogP contribution in [0.25, 0.3) is 0 Å². The van der Waals surface area contributed by atoms with Gasteiger partial charge in [-0.3, -0.25) is 9.59 Å². The van der Waals surface area contributed by atoms with Crippen LogP contribution < -0.4 is 0 Å². The zero-order valence-electron chi connectivity index (χ0n) is 14.5. The Morgan fingerprint density at radius 1 is 1.31 bits per heavy atom. The number of esters is 1. The Hall–Kier alpha value is -2.19. The molecule has 0 saturated heterocycles. The van der Waals surface area contributed by atoms with E-state index in [4.69, 9.17) is 9.47 Å². The van der Waals surface area contributed by atoms with Crippen LogP contribution in [0.2, 0.25) is 0 Å². The summed E-state index contributed by atoms with van der Waals surface area (Å²) < 4.78 is 11.1. The molecule has 26 heavy (non-hydrogen) atoms. The van der Waals surface area contributed by atoms with Gasteiger partial charge in [-0.25, -0.2) is 4.79 Å². The van der Waals surface area contributed by atoms with Gasteiger partial charge in [0, 0.05) is 4.47 Å². The maximum Gasteiger partial charge on any atom is 0.336 e. The Morgan fingerprint density at radius 2 is 1.96 bits per heavy atom. The van der Waals surface area contributed by atoms with E-state index in [1.807, 2.05) is 24.3 Å². The van der Waals surface area contributed by atoms with Crippen molar-refractivity contribution in [2.45, 2.75) is 32.9 Å². The number of hydrogen-bond acceptors (Lipinski definition) is 5. The number of carboxylic acid groups (broad SMARTS) is 1. The Kier molecular flexibility index (Phi) is 6.93. The topological polar surface area (TPSA) is 93.1 Å². The third-order valence-electron chi connectivity index (χ3n) is 3.90.